The van der Waals surface area contributed by atoms with Crippen LogP contribution in [0, 0.1) is 0 Å². The molecule has 27 heavy (non-hydrogen) atoms. The maximum Gasteiger partial charge on any atom is 0.246 e. The summed E-state index contributed by atoms with van der Waals surface area (Å²) in [7, 11) is 0. The summed E-state index contributed by atoms with van der Waals surface area (Å²) in [6.45, 7) is 12.5. The van der Waals surface area contributed by atoms with E-state index in [9.17, 15) is 0 Å². The Morgan fingerprint density at radius 2 is 1.00 bits per heavy atom. The van der Waals surface area contributed by atoms with E-state index in [1.807, 2.05) is 0 Å². The summed E-state index contributed by atoms with van der Waals surface area (Å²) in [4.78, 5) is 14.0. The Morgan fingerprint density at radius 3 is 1.30 bits per heavy atom. The highest BCUT2D eigenvalue weighted by Gasteiger charge is 2.26. The molecule has 0 aliphatic rings. The van der Waals surface area contributed by atoms with Crippen molar-refractivity contribution >= 4 is 47.8 Å². The molecule has 0 saturated heterocycles. The zero-order valence-electron chi connectivity index (χ0n) is 15.9. The van der Waals surface area contributed by atoms with Crippen LogP contribution in [0.1, 0.15) is 52.9 Å². The maximum atomic E-state index is 5.71. The van der Waals surface area contributed by atoms with Crippen LogP contribution in [-0.4, -0.2) is 15.0 Å². The second-order valence-corrected chi connectivity index (χ2v) is 10.7. The third-order valence-corrected chi connectivity index (χ3v) is 7.38. The normalized spacial score (nSPS) is 12.6. The fourth-order valence-corrected chi connectivity index (χ4v) is 3.81. The van der Waals surface area contributed by atoms with Gasteiger partial charge in [-0.25, -0.2) is 15.0 Å². The Bertz CT molecular complexity index is 918. The Hall–Kier alpha value is -0.990. The first-order chi connectivity index (χ1) is 12.4. The number of hydrogen-bond acceptors (Lipinski definition) is 5. The second kappa shape index (κ2) is 7.12. The Kier molecular flexibility index (Phi) is 5.47. The van der Waals surface area contributed by atoms with Gasteiger partial charge < -0.3 is 8.83 Å². The van der Waals surface area contributed by atoms with E-state index >= 15 is 0 Å². The molecule has 0 amide bonds. The van der Waals surface area contributed by atoms with Crippen molar-refractivity contribution in [2.45, 2.75) is 52.4 Å². The van der Waals surface area contributed by atoms with Crippen LogP contribution in [0.25, 0.3) is 23.2 Å². The third kappa shape index (κ3) is 4.07. The molecular weight excluding hydrogens is 542 g/mol. The molecule has 3 aromatic rings. The van der Waals surface area contributed by atoms with Crippen molar-refractivity contribution in [2.75, 3.05) is 0 Å². The highest BCUT2D eigenvalue weighted by atomic mass is 79.9. The molecule has 0 aromatic carbocycles. The fraction of sp³-hybridized carbons (Fsp3) is 0.421. The molecule has 0 saturated carbocycles. The number of rotatable bonds is 2. The minimum atomic E-state index is -0.117. The highest BCUT2D eigenvalue weighted by molar-refractivity contribution is 9.14. The number of nitrogens with zero attached hydrogens (tertiary/aromatic N) is 3. The average Bonchev–Trinajstić information content (AvgIpc) is 3.21. The fourth-order valence-electron chi connectivity index (χ4n) is 2.25. The largest absolute Gasteiger partial charge is 0.443 e. The van der Waals surface area contributed by atoms with E-state index in [-0.39, 0.29) is 10.8 Å². The van der Waals surface area contributed by atoms with E-state index < -0.39 is 0 Å². The Balaban J connectivity index is 2.15. The molecule has 3 aromatic heterocycles. The molecule has 0 aliphatic heterocycles. The lowest BCUT2D eigenvalue weighted by atomic mass is 9.93. The van der Waals surface area contributed by atoms with Gasteiger partial charge in [0.15, 0.2) is 0 Å². The van der Waals surface area contributed by atoms with Gasteiger partial charge in [0.25, 0.3) is 0 Å². The quantitative estimate of drug-likeness (QED) is 0.329. The molecule has 5 nitrogen and oxygen atoms in total. The minimum Gasteiger partial charge on any atom is -0.443 e. The van der Waals surface area contributed by atoms with E-state index in [4.69, 9.17) is 13.8 Å². The number of pyridine rings is 1. The molecule has 8 heteroatoms. The second-order valence-electron chi connectivity index (χ2n) is 8.33. The monoisotopic (exact) mass is 559 g/mol. The summed E-state index contributed by atoms with van der Waals surface area (Å²) in [6.07, 6.45) is 3.34. The van der Waals surface area contributed by atoms with Gasteiger partial charge in [-0.2, -0.15) is 0 Å². The molecule has 0 bridgehead atoms. The van der Waals surface area contributed by atoms with Crippen LogP contribution in [0.4, 0.5) is 0 Å². The standard InChI is InChI=1S/C19H20Br3N3O2/c1-18(2,3)9-7-26-16(23-9)14-12(21)11(20)13(22)15(25-14)17-24-10(8-27-17)19(4,5)6/h7-8H,1-6H3. The van der Waals surface area contributed by atoms with Gasteiger partial charge in [-0.3, -0.25) is 0 Å². The van der Waals surface area contributed by atoms with E-state index in [1.54, 1.807) is 12.5 Å². The minimum absolute atomic E-state index is 0.117. The van der Waals surface area contributed by atoms with Crippen molar-refractivity contribution in [1.82, 2.24) is 15.0 Å². The van der Waals surface area contributed by atoms with Crippen molar-refractivity contribution in [3.63, 3.8) is 0 Å². The number of hydrogen-bond donors (Lipinski definition) is 0. The molecule has 0 radical (unpaired) electrons. The van der Waals surface area contributed by atoms with Crippen molar-refractivity contribution in [1.29, 1.82) is 0 Å². The molecule has 0 N–H and O–H groups in total. The zero-order chi connectivity index (χ0) is 20.1. The molecular formula is C19H20Br3N3O2. The average molecular weight is 562 g/mol. The van der Waals surface area contributed by atoms with Crippen molar-refractivity contribution in [3.8, 4) is 23.2 Å². The van der Waals surface area contributed by atoms with E-state index in [0.717, 1.165) is 24.8 Å². The summed E-state index contributed by atoms with van der Waals surface area (Å²) in [5, 5.41) is 0. The summed E-state index contributed by atoms with van der Waals surface area (Å²) in [6, 6.07) is 0. The lowest BCUT2D eigenvalue weighted by molar-refractivity contribution is 0.541. The van der Waals surface area contributed by atoms with E-state index in [1.165, 1.54) is 0 Å². The lowest BCUT2D eigenvalue weighted by Crippen LogP contribution is -2.11. The molecule has 3 heterocycles. The van der Waals surface area contributed by atoms with Crippen molar-refractivity contribution in [2.24, 2.45) is 0 Å². The van der Waals surface area contributed by atoms with Crippen LogP contribution in [0.15, 0.2) is 34.8 Å². The topological polar surface area (TPSA) is 65.0 Å². The Morgan fingerprint density at radius 1 is 0.630 bits per heavy atom. The maximum absolute atomic E-state index is 5.71. The molecule has 0 fully saturated rings. The SMILES string of the molecule is CC(C)(C)c1coc(-c2nc(-c3nc(C(C)(C)C)co3)c(Br)c(Br)c2Br)n1. The van der Waals surface area contributed by atoms with Gasteiger partial charge in [0.05, 0.1) is 24.8 Å². The lowest BCUT2D eigenvalue weighted by Gasteiger charge is -2.13. The first kappa shape index (κ1) is 20.7. The third-order valence-electron chi connectivity index (χ3n) is 3.98. The molecule has 0 aliphatic carbocycles. The molecule has 0 unspecified atom stereocenters. The number of halogens is 3. The van der Waals surface area contributed by atoms with Crippen LogP contribution >= 0.6 is 47.8 Å². The summed E-state index contributed by atoms with van der Waals surface area (Å²) in [5.74, 6) is 0.868. The summed E-state index contributed by atoms with van der Waals surface area (Å²) < 4.78 is 13.7. The van der Waals surface area contributed by atoms with Gasteiger partial charge in [0.2, 0.25) is 11.8 Å². The smallest absolute Gasteiger partial charge is 0.246 e. The predicted molar refractivity (Wildman–Crippen MR) is 116 cm³/mol. The van der Waals surface area contributed by atoms with Crippen LogP contribution < -0.4 is 0 Å². The summed E-state index contributed by atoms with van der Waals surface area (Å²) in [5.41, 5.74) is 2.63. The van der Waals surface area contributed by atoms with E-state index in [0.29, 0.717) is 23.2 Å². The van der Waals surface area contributed by atoms with Gasteiger partial charge in [-0.1, -0.05) is 41.5 Å². The molecule has 0 atom stereocenters. The van der Waals surface area contributed by atoms with Gasteiger partial charge in [-0.15, -0.1) is 0 Å². The Labute approximate surface area is 183 Å². The van der Waals surface area contributed by atoms with Crippen LogP contribution in [0.2, 0.25) is 0 Å². The van der Waals surface area contributed by atoms with Gasteiger partial charge >= 0.3 is 0 Å². The first-order valence-electron chi connectivity index (χ1n) is 8.37. The molecule has 0 spiro atoms. The van der Waals surface area contributed by atoms with E-state index in [2.05, 4.69) is 99.3 Å². The van der Waals surface area contributed by atoms with Gasteiger partial charge in [0.1, 0.15) is 23.9 Å². The molecule has 3 rings (SSSR count). The highest BCUT2D eigenvalue weighted by Crippen LogP contribution is 2.42. The molecule has 144 valence electrons. The van der Waals surface area contributed by atoms with Gasteiger partial charge in [-0.05, 0) is 47.8 Å². The number of oxazole rings is 2. The van der Waals surface area contributed by atoms with Crippen molar-refractivity contribution < 1.29 is 8.83 Å². The van der Waals surface area contributed by atoms with Crippen molar-refractivity contribution in [3.05, 3.63) is 37.3 Å². The van der Waals surface area contributed by atoms with Crippen LogP contribution in [-0.2, 0) is 10.8 Å². The zero-order valence-corrected chi connectivity index (χ0v) is 20.7. The number of aromatic nitrogens is 3. The summed E-state index contributed by atoms with van der Waals surface area (Å²) >= 11 is 10.8. The predicted octanol–water partition coefficient (Wildman–Crippen LogP) is 7.27. The van der Waals surface area contributed by atoms with Gasteiger partial charge in [0, 0.05) is 10.8 Å². The van der Waals surface area contributed by atoms with Crippen LogP contribution in [0.5, 0.6) is 0 Å². The first-order valence-corrected chi connectivity index (χ1v) is 10.7. The van der Waals surface area contributed by atoms with Crippen LogP contribution in [0.3, 0.4) is 0 Å².